The minimum absolute atomic E-state index is 0.0332. The van der Waals surface area contributed by atoms with E-state index >= 15 is 0 Å². The molecule has 1 heterocycles. The van der Waals surface area contributed by atoms with Crippen LogP contribution in [0.2, 0.25) is 0 Å². The first-order valence-corrected chi connectivity index (χ1v) is 7.07. The topological polar surface area (TPSA) is 65.2 Å². The van der Waals surface area contributed by atoms with E-state index in [4.69, 9.17) is 9.26 Å². The van der Waals surface area contributed by atoms with Crippen LogP contribution in [0.15, 0.2) is 28.8 Å². The van der Waals surface area contributed by atoms with Crippen LogP contribution in [0.3, 0.4) is 0 Å². The van der Waals surface area contributed by atoms with Gasteiger partial charge in [-0.3, -0.25) is 9.32 Å². The molecule has 0 N–H and O–H groups in total. The molecule has 0 aliphatic rings. The highest BCUT2D eigenvalue weighted by Crippen LogP contribution is 2.16. The lowest BCUT2D eigenvalue weighted by molar-refractivity contribution is 0.0884. The average molecular weight is 288 g/mol. The summed E-state index contributed by atoms with van der Waals surface area (Å²) >= 11 is 0. The van der Waals surface area contributed by atoms with E-state index in [9.17, 15) is 4.79 Å². The Labute approximate surface area is 124 Å². The molecule has 0 saturated heterocycles. The molecule has 5 heteroatoms. The number of carbonyl (C=O) groups excluding carboxylic acids is 1. The molecule has 0 aliphatic heterocycles. The summed E-state index contributed by atoms with van der Waals surface area (Å²) in [6, 6.07) is 7.55. The maximum absolute atomic E-state index is 12.0. The first kappa shape index (κ1) is 15.2. The molecular weight excluding hydrogens is 268 g/mol. The molecule has 1 aromatic heterocycles. The Morgan fingerprint density at radius 3 is 2.33 bits per heavy atom. The van der Waals surface area contributed by atoms with Crippen LogP contribution < -0.4 is 4.74 Å². The van der Waals surface area contributed by atoms with E-state index in [0.717, 1.165) is 0 Å². The van der Waals surface area contributed by atoms with Crippen molar-refractivity contribution in [3.8, 4) is 6.08 Å². The highest BCUT2D eigenvalue weighted by atomic mass is 16.6. The lowest BCUT2D eigenvalue weighted by Crippen LogP contribution is -2.11. The van der Waals surface area contributed by atoms with E-state index in [-0.39, 0.29) is 24.4 Å². The van der Waals surface area contributed by atoms with E-state index in [1.807, 2.05) is 38.1 Å². The summed E-state index contributed by atoms with van der Waals surface area (Å²) in [6.45, 7) is 8.02. The highest BCUT2D eigenvalue weighted by Gasteiger charge is 2.13. The Morgan fingerprint density at radius 2 is 1.81 bits per heavy atom. The van der Waals surface area contributed by atoms with Gasteiger partial charge in [0.05, 0.1) is 0 Å². The van der Waals surface area contributed by atoms with Crippen molar-refractivity contribution in [3.63, 3.8) is 0 Å². The number of ether oxygens (including phenoxy) is 1. The van der Waals surface area contributed by atoms with Gasteiger partial charge in [0.15, 0.2) is 18.2 Å². The average Bonchev–Trinajstić information content (AvgIpc) is 2.94. The van der Waals surface area contributed by atoms with Crippen LogP contribution in [0, 0.1) is 0 Å². The molecule has 0 saturated carbocycles. The second-order valence-corrected chi connectivity index (χ2v) is 5.56. The van der Waals surface area contributed by atoms with Crippen molar-refractivity contribution >= 4 is 5.78 Å². The third kappa shape index (κ3) is 3.90. The second-order valence-electron chi connectivity index (χ2n) is 5.56. The van der Waals surface area contributed by atoms with Crippen molar-refractivity contribution in [1.29, 1.82) is 0 Å². The zero-order chi connectivity index (χ0) is 15.4. The van der Waals surface area contributed by atoms with Gasteiger partial charge in [-0.15, -0.1) is 0 Å². The molecule has 0 radical (unpaired) electrons. The number of hydrogen-bond acceptors (Lipinski definition) is 5. The normalized spacial score (nSPS) is 11.1. The molecule has 0 spiro atoms. The first-order chi connectivity index (χ1) is 9.97. The van der Waals surface area contributed by atoms with Crippen molar-refractivity contribution < 1.29 is 14.1 Å². The van der Waals surface area contributed by atoms with Crippen LogP contribution in [-0.4, -0.2) is 22.5 Å². The summed E-state index contributed by atoms with van der Waals surface area (Å²) in [7, 11) is 0. The number of hydrogen-bond donors (Lipinski definition) is 0. The predicted molar refractivity (Wildman–Crippen MR) is 78.7 cm³/mol. The van der Waals surface area contributed by atoms with Crippen LogP contribution in [0.1, 0.15) is 61.3 Å². The maximum Gasteiger partial charge on any atom is 0.417 e. The number of Topliss-reactive ketones (excluding diaryl/α,β-unsaturated/α-hetero) is 1. The Kier molecular flexibility index (Phi) is 4.73. The number of carbonyl (C=O) groups is 1. The van der Waals surface area contributed by atoms with Gasteiger partial charge in [0.2, 0.25) is 0 Å². The minimum Gasteiger partial charge on any atom is -0.440 e. The third-order valence-electron chi connectivity index (χ3n) is 3.17. The Bertz CT molecular complexity index is 600. The van der Waals surface area contributed by atoms with E-state index in [1.165, 1.54) is 5.56 Å². The molecule has 0 bridgehead atoms. The van der Waals surface area contributed by atoms with Gasteiger partial charge < -0.3 is 4.74 Å². The monoisotopic (exact) mass is 288 g/mol. The summed E-state index contributed by atoms with van der Waals surface area (Å²) in [5.41, 5.74) is 1.81. The lowest BCUT2D eigenvalue weighted by atomic mass is 10.0. The molecule has 2 rings (SSSR count). The molecule has 2 aromatic rings. The Morgan fingerprint density at radius 1 is 1.14 bits per heavy atom. The van der Waals surface area contributed by atoms with Gasteiger partial charge >= 0.3 is 6.08 Å². The van der Waals surface area contributed by atoms with Gasteiger partial charge in [-0.2, -0.15) is 4.98 Å². The molecule has 112 valence electrons. The van der Waals surface area contributed by atoms with Crippen molar-refractivity contribution in [2.75, 3.05) is 6.61 Å². The molecule has 0 amide bonds. The summed E-state index contributed by atoms with van der Waals surface area (Å²) in [6.07, 6.45) is 0.0332. The van der Waals surface area contributed by atoms with Gasteiger partial charge in [0, 0.05) is 11.5 Å². The minimum atomic E-state index is -0.116. The fourth-order valence-electron chi connectivity index (χ4n) is 1.78. The fourth-order valence-corrected chi connectivity index (χ4v) is 1.78. The number of rotatable bonds is 6. The van der Waals surface area contributed by atoms with Crippen LogP contribution in [0.5, 0.6) is 6.08 Å². The fraction of sp³-hybridized carbons (Fsp3) is 0.438. The number of benzene rings is 1. The number of ketones is 1. The van der Waals surface area contributed by atoms with Crippen LogP contribution in [0.25, 0.3) is 0 Å². The lowest BCUT2D eigenvalue weighted by Gasteiger charge is -2.06. The van der Waals surface area contributed by atoms with Crippen molar-refractivity contribution in [1.82, 2.24) is 10.1 Å². The summed E-state index contributed by atoms with van der Waals surface area (Å²) < 4.78 is 10.2. The molecule has 0 unspecified atom stereocenters. The zero-order valence-electron chi connectivity index (χ0n) is 12.8. The third-order valence-corrected chi connectivity index (χ3v) is 3.17. The predicted octanol–water partition coefficient (Wildman–Crippen LogP) is 3.58. The molecule has 5 nitrogen and oxygen atoms in total. The van der Waals surface area contributed by atoms with Crippen molar-refractivity contribution in [2.45, 2.75) is 39.5 Å². The van der Waals surface area contributed by atoms with Gasteiger partial charge in [-0.05, 0) is 11.5 Å². The Hall–Kier alpha value is -2.17. The number of aromatic nitrogens is 2. The SMILES string of the molecule is CC(C)c1ccc(C(=O)COc2nc(C(C)C)no2)cc1. The molecule has 0 fully saturated rings. The molecular formula is C16H20N2O3. The smallest absolute Gasteiger partial charge is 0.417 e. The summed E-state index contributed by atoms with van der Waals surface area (Å²) in [5.74, 6) is 1.05. The van der Waals surface area contributed by atoms with E-state index < -0.39 is 0 Å². The second kappa shape index (κ2) is 6.52. The van der Waals surface area contributed by atoms with Gasteiger partial charge in [-0.25, -0.2) is 0 Å². The highest BCUT2D eigenvalue weighted by molar-refractivity contribution is 5.97. The molecule has 21 heavy (non-hydrogen) atoms. The zero-order valence-corrected chi connectivity index (χ0v) is 12.8. The van der Waals surface area contributed by atoms with E-state index in [0.29, 0.717) is 17.3 Å². The van der Waals surface area contributed by atoms with Crippen LogP contribution in [0.4, 0.5) is 0 Å². The largest absolute Gasteiger partial charge is 0.440 e. The first-order valence-electron chi connectivity index (χ1n) is 7.07. The maximum atomic E-state index is 12.0. The van der Waals surface area contributed by atoms with Crippen LogP contribution in [-0.2, 0) is 0 Å². The van der Waals surface area contributed by atoms with Gasteiger partial charge in [0.1, 0.15) is 0 Å². The van der Waals surface area contributed by atoms with Gasteiger partial charge in [-0.1, -0.05) is 57.1 Å². The van der Waals surface area contributed by atoms with Crippen LogP contribution >= 0.6 is 0 Å². The number of nitrogens with zero attached hydrogens (tertiary/aromatic N) is 2. The standard InChI is InChI=1S/C16H20N2O3/c1-10(2)12-5-7-13(8-6-12)14(19)9-20-16-17-15(11(3)4)18-21-16/h5-8,10-11H,9H2,1-4H3. The quantitative estimate of drug-likeness (QED) is 0.760. The van der Waals surface area contributed by atoms with Crippen molar-refractivity contribution in [2.24, 2.45) is 0 Å². The van der Waals surface area contributed by atoms with Crippen molar-refractivity contribution in [3.05, 3.63) is 41.2 Å². The van der Waals surface area contributed by atoms with E-state index in [1.54, 1.807) is 0 Å². The molecule has 1 aromatic carbocycles. The molecule has 0 aliphatic carbocycles. The van der Waals surface area contributed by atoms with E-state index in [2.05, 4.69) is 24.0 Å². The summed E-state index contributed by atoms with van der Waals surface area (Å²) in [5, 5.41) is 3.77. The van der Waals surface area contributed by atoms with Gasteiger partial charge in [0.25, 0.3) is 0 Å². The Balaban J connectivity index is 1.94. The molecule has 0 atom stereocenters. The summed E-state index contributed by atoms with van der Waals surface area (Å²) in [4.78, 5) is 16.1.